The van der Waals surface area contributed by atoms with E-state index in [1.54, 1.807) is 6.07 Å². The average Bonchev–Trinajstić information content (AvgIpc) is 3.50. The molecule has 2 aromatic rings. The number of carboxylic acids is 1. The predicted octanol–water partition coefficient (Wildman–Crippen LogP) is 3.00. The molecule has 2 aromatic carbocycles. The Morgan fingerprint density at radius 2 is 1.91 bits per heavy atom. The third-order valence-corrected chi connectivity index (χ3v) is 6.88. The summed E-state index contributed by atoms with van der Waals surface area (Å²) in [5, 5.41) is 11.2. The van der Waals surface area contributed by atoms with E-state index in [1.807, 2.05) is 0 Å². The molecule has 0 saturated heterocycles. The van der Waals surface area contributed by atoms with Crippen molar-refractivity contribution in [2.24, 2.45) is 5.92 Å². The first-order valence-electron chi connectivity index (χ1n) is 9.57. The normalized spacial score (nSPS) is 19.0. The lowest BCUT2D eigenvalue weighted by atomic mass is 10.0. The highest BCUT2D eigenvalue weighted by atomic mass is 32.2. The Kier molecular flexibility index (Phi) is 5.47. The maximum absolute atomic E-state index is 13.7. The number of nitrogens with one attached hydrogen (secondary N) is 2. The Labute approximate surface area is 184 Å². The number of ether oxygens (including phenoxy) is 1. The number of sulfonamides is 1. The molecule has 1 saturated carbocycles. The molecule has 0 radical (unpaired) electrons. The number of benzene rings is 2. The maximum atomic E-state index is 13.7. The minimum atomic E-state index is -5.22. The molecule has 1 fully saturated rings. The Bertz CT molecular complexity index is 1260. The number of rotatable bonds is 6. The van der Waals surface area contributed by atoms with E-state index in [1.165, 1.54) is 11.4 Å². The van der Waals surface area contributed by atoms with Crippen molar-refractivity contribution in [3.05, 3.63) is 52.8 Å². The summed E-state index contributed by atoms with van der Waals surface area (Å²) in [6, 6.07) is 5.05. The second-order valence-electron chi connectivity index (χ2n) is 7.66. The molecule has 1 amide bonds. The van der Waals surface area contributed by atoms with Gasteiger partial charge in [-0.15, -0.1) is 0 Å². The van der Waals surface area contributed by atoms with Gasteiger partial charge < -0.3 is 15.2 Å². The molecule has 8 nitrogen and oxygen atoms in total. The lowest BCUT2D eigenvalue weighted by molar-refractivity contribution is -0.173. The molecule has 2 aliphatic rings. The third-order valence-electron chi connectivity index (χ3n) is 5.42. The van der Waals surface area contributed by atoms with Gasteiger partial charge in [0.1, 0.15) is 17.1 Å². The van der Waals surface area contributed by atoms with Crippen LogP contribution in [0.25, 0.3) is 0 Å². The SMILES string of the molecule is O=C(O)c1c(NS(=O)(=O)c2ccc(F)cc2CNC(=O)C(F)(F)F)ccc2c1OC[C@@H]1C[C@H]21. The second kappa shape index (κ2) is 7.90. The fourth-order valence-electron chi connectivity index (χ4n) is 3.77. The monoisotopic (exact) mass is 488 g/mol. The van der Waals surface area contributed by atoms with E-state index in [0.717, 1.165) is 18.6 Å². The lowest BCUT2D eigenvalue weighted by Crippen LogP contribution is -2.36. The zero-order valence-corrected chi connectivity index (χ0v) is 17.4. The van der Waals surface area contributed by atoms with Crippen LogP contribution in [0.5, 0.6) is 5.75 Å². The van der Waals surface area contributed by atoms with Gasteiger partial charge in [-0.25, -0.2) is 17.6 Å². The predicted molar refractivity (Wildman–Crippen MR) is 105 cm³/mol. The number of anilines is 1. The van der Waals surface area contributed by atoms with Crippen LogP contribution in [0.15, 0.2) is 35.2 Å². The van der Waals surface area contributed by atoms with Gasteiger partial charge in [0.15, 0.2) is 0 Å². The number of fused-ring (bicyclic) bond motifs is 3. The summed E-state index contributed by atoms with van der Waals surface area (Å²) in [6.07, 6.45) is -4.38. The summed E-state index contributed by atoms with van der Waals surface area (Å²) in [5.41, 5.74) is -0.540. The van der Waals surface area contributed by atoms with Crippen LogP contribution in [0.2, 0.25) is 0 Å². The molecule has 1 aliphatic heterocycles. The van der Waals surface area contributed by atoms with Crippen LogP contribution in [-0.4, -0.2) is 38.2 Å². The lowest BCUT2D eigenvalue weighted by Gasteiger charge is -2.21. The standard InChI is InChI=1S/C20H16F4N2O6S/c21-11-1-4-15(9(5-11)7-25-19(29)20(22,23)24)33(30,31)26-14-3-2-12-13-6-10(13)8-32-17(12)16(14)18(27)28/h1-5,10,13,26H,6-8H2,(H,25,29)(H,27,28)/t10-,13-/m0/s1. The van der Waals surface area contributed by atoms with Crippen LogP contribution in [0, 0.1) is 11.7 Å². The first-order valence-corrected chi connectivity index (χ1v) is 11.1. The zero-order valence-electron chi connectivity index (χ0n) is 16.6. The van der Waals surface area contributed by atoms with Gasteiger partial charge in [-0.1, -0.05) is 6.07 Å². The van der Waals surface area contributed by atoms with E-state index in [0.29, 0.717) is 18.2 Å². The molecule has 0 bridgehead atoms. The van der Waals surface area contributed by atoms with Crippen LogP contribution < -0.4 is 14.8 Å². The van der Waals surface area contributed by atoms with Gasteiger partial charge in [-0.3, -0.25) is 9.52 Å². The Balaban J connectivity index is 1.68. The highest BCUT2D eigenvalue weighted by molar-refractivity contribution is 7.92. The minimum Gasteiger partial charge on any atom is -0.492 e. The Hall–Kier alpha value is -3.35. The fraction of sp³-hybridized carbons (Fsp3) is 0.300. The van der Waals surface area contributed by atoms with Crippen LogP contribution in [-0.2, 0) is 21.4 Å². The van der Waals surface area contributed by atoms with Crippen LogP contribution in [0.3, 0.4) is 0 Å². The smallest absolute Gasteiger partial charge is 0.471 e. The van der Waals surface area contributed by atoms with Crippen molar-refractivity contribution in [3.8, 4) is 5.75 Å². The Morgan fingerprint density at radius 1 is 1.18 bits per heavy atom. The van der Waals surface area contributed by atoms with Gasteiger partial charge in [0, 0.05) is 12.5 Å². The molecule has 4 rings (SSSR count). The minimum absolute atomic E-state index is 0.0539. The molecule has 0 aromatic heterocycles. The summed E-state index contributed by atoms with van der Waals surface area (Å²) in [7, 11) is -4.60. The van der Waals surface area contributed by atoms with E-state index in [2.05, 4.69) is 4.72 Å². The molecule has 1 aliphatic carbocycles. The molecule has 1 heterocycles. The quantitative estimate of drug-likeness (QED) is 0.538. The number of aromatic carboxylic acids is 1. The van der Waals surface area contributed by atoms with Crippen molar-refractivity contribution in [3.63, 3.8) is 0 Å². The zero-order chi connectivity index (χ0) is 24.1. The van der Waals surface area contributed by atoms with E-state index >= 15 is 0 Å². The number of hydrogen-bond acceptors (Lipinski definition) is 5. The van der Waals surface area contributed by atoms with Crippen LogP contribution in [0.4, 0.5) is 23.2 Å². The summed E-state index contributed by atoms with van der Waals surface area (Å²) in [4.78, 5) is 22.4. The van der Waals surface area contributed by atoms with Gasteiger partial charge in [0.2, 0.25) is 0 Å². The summed E-state index contributed by atoms with van der Waals surface area (Å²) in [6.45, 7) is -0.635. The van der Waals surface area contributed by atoms with Gasteiger partial charge in [-0.05, 0) is 47.7 Å². The van der Waals surface area contributed by atoms with Crippen LogP contribution >= 0.6 is 0 Å². The molecule has 0 unspecified atom stereocenters. The van der Waals surface area contributed by atoms with Crippen molar-refractivity contribution in [2.75, 3.05) is 11.3 Å². The van der Waals surface area contributed by atoms with E-state index < -0.39 is 56.5 Å². The average molecular weight is 488 g/mol. The molecule has 176 valence electrons. The Morgan fingerprint density at radius 3 is 2.58 bits per heavy atom. The summed E-state index contributed by atoms with van der Waals surface area (Å²) < 4.78 is 84.7. The summed E-state index contributed by atoms with van der Waals surface area (Å²) >= 11 is 0. The number of amides is 1. The third kappa shape index (κ3) is 4.45. The molecule has 2 atom stereocenters. The number of carboxylic acid groups (broad SMARTS) is 1. The van der Waals surface area contributed by atoms with Crippen LogP contribution in [0.1, 0.15) is 33.8 Å². The van der Waals surface area contributed by atoms with E-state index in [4.69, 9.17) is 4.74 Å². The number of halogens is 4. The van der Waals surface area contributed by atoms with Crippen molar-refractivity contribution >= 4 is 27.6 Å². The van der Waals surface area contributed by atoms with Gasteiger partial charge >= 0.3 is 18.1 Å². The van der Waals surface area contributed by atoms with E-state index in [-0.39, 0.29) is 23.3 Å². The molecule has 3 N–H and O–H groups in total. The number of carbonyl (C=O) groups excluding carboxylic acids is 1. The van der Waals surface area contributed by atoms with Gasteiger partial charge in [0.05, 0.1) is 17.2 Å². The number of alkyl halides is 3. The topological polar surface area (TPSA) is 122 Å². The molecule has 13 heteroatoms. The van der Waals surface area contributed by atoms with Crippen molar-refractivity contribution in [2.45, 2.75) is 30.0 Å². The van der Waals surface area contributed by atoms with Crippen molar-refractivity contribution in [1.29, 1.82) is 0 Å². The summed E-state index contributed by atoms with van der Waals surface area (Å²) in [5.74, 6) is -4.24. The van der Waals surface area contributed by atoms with Crippen molar-refractivity contribution < 1.29 is 45.4 Å². The highest BCUT2D eigenvalue weighted by Crippen LogP contribution is 2.55. The second-order valence-corrected chi connectivity index (χ2v) is 9.31. The first-order chi connectivity index (χ1) is 15.4. The maximum Gasteiger partial charge on any atom is 0.471 e. The molecule has 33 heavy (non-hydrogen) atoms. The molecular weight excluding hydrogens is 472 g/mol. The van der Waals surface area contributed by atoms with Gasteiger partial charge in [0.25, 0.3) is 10.0 Å². The largest absolute Gasteiger partial charge is 0.492 e. The van der Waals surface area contributed by atoms with E-state index in [9.17, 15) is 40.7 Å². The molecule has 0 spiro atoms. The van der Waals surface area contributed by atoms with Gasteiger partial charge in [-0.2, -0.15) is 13.2 Å². The number of carbonyl (C=O) groups is 2. The molecular formula is C20H16F4N2O6S. The highest BCUT2D eigenvalue weighted by Gasteiger charge is 2.45. The first kappa shape index (κ1) is 22.8. The fourth-order valence-corrected chi connectivity index (χ4v) is 5.06. The van der Waals surface area contributed by atoms with Crippen molar-refractivity contribution in [1.82, 2.24) is 5.32 Å². The number of hydrogen-bond donors (Lipinski definition) is 3.